The van der Waals surface area contributed by atoms with E-state index in [1.54, 1.807) is 12.1 Å². The molecule has 0 aliphatic rings. The van der Waals surface area contributed by atoms with Crippen molar-refractivity contribution in [1.82, 2.24) is 4.31 Å². The molecule has 33 heavy (non-hydrogen) atoms. The molecule has 174 valence electrons. The number of benzene rings is 3. The second kappa shape index (κ2) is 9.88. The van der Waals surface area contributed by atoms with Gasteiger partial charge in [0.25, 0.3) is 5.91 Å². The maximum absolute atomic E-state index is 12.6. The van der Waals surface area contributed by atoms with Crippen LogP contribution in [0.4, 0.5) is 5.69 Å². The molecule has 10 heteroatoms. The van der Waals surface area contributed by atoms with Crippen molar-refractivity contribution in [3.63, 3.8) is 0 Å². The van der Waals surface area contributed by atoms with Crippen molar-refractivity contribution >= 4 is 38.4 Å². The van der Waals surface area contributed by atoms with Crippen LogP contribution in [-0.2, 0) is 19.6 Å². The smallest absolute Gasteiger partial charge is 0.342 e. The average Bonchev–Trinajstić information content (AvgIpc) is 2.81. The highest BCUT2D eigenvalue weighted by Crippen LogP contribution is 2.29. The molecule has 1 N–H and O–H groups in total. The molecule has 0 radical (unpaired) electrons. The average molecular weight is 473 g/mol. The van der Waals surface area contributed by atoms with Gasteiger partial charge in [-0.2, -0.15) is 0 Å². The van der Waals surface area contributed by atoms with Crippen molar-refractivity contribution in [2.45, 2.75) is 4.90 Å². The second-order valence-corrected chi connectivity index (χ2v) is 9.33. The van der Waals surface area contributed by atoms with E-state index in [9.17, 15) is 18.0 Å². The van der Waals surface area contributed by atoms with Gasteiger partial charge in [-0.1, -0.05) is 24.3 Å². The van der Waals surface area contributed by atoms with Crippen LogP contribution in [0.1, 0.15) is 10.4 Å². The molecule has 0 unspecified atom stereocenters. The van der Waals surface area contributed by atoms with Crippen molar-refractivity contribution in [3.05, 3.63) is 60.2 Å². The number of esters is 1. The number of ether oxygens (including phenoxy) is 3. The molecule has 0 saturated carbocycles. The first-order valence-corrected chi connectivity index (χ1v) is 11.3. The third-order valence-corrected chi connectivity index (χ3v) is 6.66. The maximum Gasteiger partial charge on any atom is 0.342 e. The summed E-state index contributed by atoms with van der Waals surface area (Å²) in [6.45, 7) is -0.595. The topological polar surface area (TPSA) is 111 Å². The minimum atomic E-state index is -3.72. The number of carbonyl (C=O) groups is 2. The van der Waals surface area contributed by atoms with E-state index in [0.29, 0.717) is 5.75 Å². The lowest BCUT2D eigenvalue weighted by Gasteiger charge is -2.15. The summed E-state index contributed by atoms with van der Waals surface area (Å²) in [5.41, 5.74) is 0.311. The van der Waals surface area contributed by atoms with Gasteiger partial charge in [0.1, 0.15) is 17.1 Å². The summed E-state index contributed by atoms with van der Waals surface area (Å²) in [6.07, 6.45) is 0. The number of fused-ring (bicyclic) bond motifs is 1. The van der Waals surface area contributed by atoms with E-state index in [2.05, 4.69) is 5.32 Å². The highest BCUT2D eigenvalue weighted by molar-refractivity contribution is 7.89. The Balaban J connectivity index is 1.76. The van der Waals surface area contributed by atoms with Gasteiger partial charge in [-0.3, -0.25) is 4.79 Å². The van der Waals surface area contributed by atoms with Crippen LogP contribution in [0.2, 0.25) is 0 Å². The SMILES string of the molecule is COc1ccc(S(=O)(=O)N(C)C)cc1NC(=O)COC(=O)c1cc2ccccc2cc1OC. The zero-order valence-corrected chi connectivity index (χ0v) is 19.4. The van der Waals surface area contributed by atoms with Crippen molar-refractivity contribution in [2.75, 3.05) is 40.2 Å². The molecular weight excluding hydrogens is 448 g/mol. The number of carbonyl (C=O) groups excluding carboxylic acids is 2. The summed E-state index contributed by atoms with van der Waals surface area (Å²) in [5, 5.41) is 4.23. The predicted octanol–water partition coefficient (Wildman–Crippen LogP) is 2.90. The Labute approximate surface area is 191 Å². The molecule has 3 aromatic rings. The Morgan fingerprint density at radius 1 is 0.909 bits per heavy atom. The maximum atomic E-state index is 12.6. The number of nitrogens with zero attached hydrogens (tertiary/aromatic N) is 1. The number of hydrogen-bond acceptors (Lipinski definition) is 7. The van der Waals surface area contributed by atoms with Crippen molar-refractivity contribution in [1.29, 1.82) is 0 Å². The Morgan fingerprint density at radius 2 is 1.55 bits per heavy atom. The predicted molar refractivity (Wildman–Crippen MR) is 123 cm³/mol. The van der Waals surface area contributed by atoms with Crippen LogP contribution >= 0.6 is 0 Å². The van der Waals surface area contributed by atoms with E-state index in [1.807, 2.05) is 24.3 Å². The third-order valence-electron chi connectivity index (χ3n) is 4.85. The number of amides is 1. The Bertz CT molecular complexity index is 1300. The fraction of sp³-hybridized carbons (Fsp3) is 0.217. The van der Waals surface area contributed by atoms with E-state index in [0.717, 1.165) is 15.1 Å². The number of methoxy groups -OCH3 is 2. The molecule has 9 nitrogen and oxygen atoms in total. The number of anilines is 1. The van der Waals surface area contributed by atoms with E-state index in [4.69, 9.17) is 14.2 Å². The number of rotatable bonds is 8. The number of nitrogens with one attached hydrogen (secondary N) is 1. The third kappa shape index (κ3) is 5.24. The molecule has 0 fully saturated rings. The van der Waals surface area contributed by atoms with Gasteiger partial charge in [0.05, 0.1) is 24.8 Å². The molecular formula is C23H24N2O7S. The molecule has 1 amide bonds. The number of hydrogen-bond donors (Lipinski definition) is 1. The van der Waals surface area contributed by atoms with Crippen LogP contribution in [0.15, 0.2) is 59.5 Å². The highest BCUT2D eigenvalue weighted by Gasteiger charge is 2.21. The Morgan fingerprint density at radius 3 is 2.15 bits per heavy atom. The van der Waals surface area contributed by atoms with Gasteiger partial charge in [0.15, 0.2) is 6.61 Å². The standard InChI is InChI=1S/C23H24N2O7S/c1-25(2)33(28,29)17-9-10-20(30-3)19(13-17)24-22(26)14-32-23(27)18-11-15-7-5-6-8-16(15)12-21(18)31-4/h5-13H,14H2,1-4H3,(H,24,26). The lowest BCUT2D eigenvalue weighted by molar-refractivity contribution is -0.119. The van der Waals surface area contributed by atoms with E-state index < -0.39 is 28.5 Å². The van der Waals surface area contributed by atoms with Crippen LogP contribution in [0, 0.1) is 0 Å². The lowest BCUT2D eigenvalue weighted by atomic mass is 10.1. The van der Waals surface area contributed by atoms with Gasteiger partial charge >= 0.3 is 5.97 Å². The van der Waals surface area contributed by atoms with Gasteiger partial charge < -0.3 is 19.5 Å². The van der Waals surface area contributed by atoms with E-state index in [1.165, 1.54) is 46.5 Å². The molecule has 0 atom stereocenters. The number of sulfonamides is 1. The largest absolute Gasteiger partial charge is 0.496 e. The van der Waals surface area contributed by atoms with E-state index >= 15 is 0 Å². The fourth-order valence-electron chi connectivity index (χ4n) is 3.10. The summed E-state index contributed by atoms with van der Waals surface area (Å²) in [6, 6.07) is 14.9. The lowest BCUT2D eigenvalue weighted by Crippen LogP contribution is -2.23. The van der Waals surface area contributed by atoms with Gasteiger partial charge in [-0.05, 0) is 41.1 Å². The van der Waals surface area contributed by atoms with Crippen molar-refractivity contribution < 1.29 is 32.2 Å². The summed E-state index contributed by atoms with van der Waals surface area (Å²) in [5.74, 6) is -0.824. The molecule has 0 aromatic heterocycles. The van der Waals surface area contributed by atoms with Crippen molar-refractivity contribution in [2.24, 2.45) is 0 Å². The molecule has 0 aliphatic heterocycles. The zero-order chi connectivity index (χ0) is 24.2. The van der Waals surface area contributed by atoms with Crippen LogP contribution < -0.4 is 14.8 Å². The van der Waals surface area contributed by atoms with Crippen LogP contribution in [0.25, 0.3) is 10.8 Å². The normalized spacial score (nSPS) is 11.3. The minimum Gasteiger partial charge on any atom is -0.496 e. The second-order valence-electron chi connectivity index (χ2n) is 7.17. The summed E-state index contributed by atoms with van der Waals surface area (Å²) in [4.78, 5) is 25.0. The summed E-state index contributed by atoms with van der Waals surface area (Å²) >= 11 is 0. The van der Waals surface area contributed by atoms with Gasteiger partial charge in [-0.15, -0.1) is 0 Å². The molecule has 0 bridgehead atoms. The minimum absolute atomic E-state index is 0.0264. The van der Waals surface area contributed by atoms with E-state index in [-0.39, 0.29) is 21.9 Å². The van der Waals surface area contributed by atoms with Crippen LogP contribution in [0.3, 0.4) is 0 Å². The van der Waals surface area contributed by atoms with Gasteiger partial charge in [0.2, 0.25) is 10.0 Å². The highest BCUT2D eigenvalue weighted by atomic mass is 32.2. The quantitative estimate of drug-likeness (QED) is 0.502. The first-order valence-electron chi connectivity index (χ1n) is 9.81. The Kier molecular flexibility index (Phi) is 7.19. The van der Waals surface area contributed by atoms with Crippen molar-refractivity contribution in [3.8, 4) is 11.5 Å². The molecule has 0 heterocycles. The van der Waals surface area contributed by atoms with Crippen LogP contribution in [-0.4, -0.2) is 59.5 Å². The summed E-state index contributed by atoms with van der Waals surface area (Å²) < 4.78 is 41.5. The monoisotopic (exact) mass is 472 g/mol. The fourth-order valence-corrected chi connectivity index (χ4v) is 4.03. The molecule has 3 aromatic carbocycles. The van der Waals surface area contributed by atoms with Crippen LogP contribution in [0.5, 0.6) is 11.5 Å². The summed E-state index contributed by atoms with van der Waals surface area (Å²) in [7, 11) is 1.91. The van der Waals surface area contributed by atoms with Gasteiger partial charge in [0, 0.05) is 14.1 Å². The molecule has 0 spiro atoms. The Hall–Kier alpha value is -3.63. The molecule has 0 saturated heterocycles. The molecule has 0 aliphatic carbocycles. The molecule has 3 rings (SSSR count). The first kappa shape index (κ1) is 24.0. The zero-order valence-electron chi connectivity index (χ0n) is 18.6. The first-order chi connectivity index (χ1) is 15.7. The van der Waals surface area contributed by atoms with Gasteiger partial charge in [-0.25, -0.2) is 17.5 Å².